The summed E-state index contributed by atoms with van der Waals surface area (Å²) in [5, 5.41) is 10.7. The lowest BCUT2D eigenvalue weighted by atomic mass is 10.1. The summed E-state index contributed by atoms with van der Waals surface area (Å²) in [6.07, 6.45) is 0.221. The molecule has 0 bridgehead atoms. The van der Waals surface area contributed by atoms with Crippen LogP contribution in [0.15, 0.2) is 18.2 Å². The maximum absolute atomic E-state index is 13.3. The molecule has 3 nitrogen and oxygen atoms in total. The lowest BCUT2D eigenvalue weighted by Gasteiger charge is -2.04. The van der Waals surface area contributed by atoms with E-state index in [2.05, 4.69) is 5.32 Å². The van der Waals surface area contributed by atoms with Gasteiger partial charge in [0.2, 0.25) is 0 Å². The van der Waals surface area contributed by atoms with Gasteiger partial charge in [-0.2, -0.15) is 5.26 Å². The molecule has 1 N–H and O–H groups in total. The van der Waals surface area contributed by atoms with Crippen molar-refractivity contribution in [3.8, 4) is 6.07 Å². The first-order chi connectivity index (χ1) is 7.15. The second kappa shape index (κ2) is 5.11. The van der Waals surface area contributed by atoms with Gasteiger partial charge in [-0.3, -0.25) is 4.79 Å². The fraction of sp³-hybridized carbons (Fsp3) is 0.273. The van der Waals surface area contributed by atoms with Gasteiger partial charge >= 0.3 is 0 Å². The molecule has 15 heavy (non-hydrogen) atoms. The zero-order valence-electron chi connectivity index (χ0n) is 8.38. The third-order valence-electron chi connectivity index (χ3n) is 1.89. The van der Waals surface area contributed by atoms with E-state index in [1.54, 1.807) is 13.0 Å². The van der Waals surface area contributed by atoms with Crippen LogP contribution in [-0.2, 0) is 0 Å². The second-order valence-electron chi connectivity index (χ2n) is 3.15. The van der Waals surface area contributed by atoms with Crippen molar-refractivity contribution in [2.45, 2.75) is 13.3 Å². The number of rotatable bonds is 3. The Balaban J connectivity index is 2.70. The number of nitrogens with one attached hydrogen (secondary N) is 1. The lowest BCUT2D eigenvalue weighted by molar-refractivity contribution is 0.0950. The van der Waals surface area contributed by atoms with Crippen LogP contribution in [0, 0.1) is 24.1 Å². The van der Waals surface area contributed by atoms with Crippen molar-refractivity contribution < 1.29 is 9.18 Å². The fourth-order valence-corrected chi connectivity index (χ4v) is 1.13. The van der Waals surface area contributed by atoms with E-state index >= 15 is 0 Å². The van der Waals surface area contributed by atoms with Gasteiger partial charge in [0.05, 0.1) is 18.1 Å². The molecule has 0 spiro atoms. The molecule has 0 saturated heterocycles. The first-order valence-corrected chi connectivity index (χ1v) is 4.56. The van der Waals surface area contributed by atoms with Crippen LogP contribution >= 0.6 is 0 Å². The van der Waals surface area contributed by atoms with Gasteiger partial charge < -0.3 is 5.32 Å². The van der Waals surface area contributed by atoms with Crippen LogP contribution in [0.3, 0.4) is 0 Å². The Bertz CT molecular complexity index is 410. The van der Waals surface area contributed by atoms with E-state index in [4.69, 9.17) is 5.26 Å². The largest absolute Gasteiger partial charge is 0.351 e. The highest BCUT2D eigenvalue weighted by molar-refractivity contribution is 5.94. The van der Waals surface area contributed by atoms with Crippen LogP contribution < -0.4 is 5.32 Å². The summed E-state index contributed by atoms with van der Waals surface area (Å²) < 4.78 is 13.3. The van der Waals surface area contributed by atoms with Crippen LogP contribution in [0.4, 0.5) is 4.39 Å². The molecule has 4 heteroatoms. The van der Waals surface area contributed by atoms with Crippen molar-refractivity contribution in [3.05, 3.63) is 35.1 Å². The number of halogens is 1. The van der Waals surface area contributed by atoms with E-state index in [-0.39, 0.29) is 18.5 Å². The number of hydrogen-bond donors (Lipinski definition) is 1. The highest BCUT2D eigenvalue weighted by Gasteiger charge is 2.10. The smallest absolute Gasteiger partial charge is 0.254 e. The number of nitriles is 1. The summed E-state index contributed by atoms with van der Waals surface area (Å²) >= 11 is 0. The predicted molar refractivity (Wildman–Crippen MR) is 53.7 cm³/mol. The van der Waals surface area contributed by atoms with Crippen LogP contribution in [0.2, 0.25) is 0 Å². The maximum Gasteiger partial charge on any atom is 0.254 e. The molecule has 1 rings (SSSR count). The Hall–Kier alpha value is -1.89. The normalized spacial score (nSPS) is 9.40. The van der Waals surface area contributed by atoms with E-state index in [0.717, 1.165) is 5.56 Å². The third kappa shape index (κ3) is 3.06. The molecule has 0 aromatic heterocycles. The molecule has 0 aliphatic rings. The number of amides is 1. The number of hydrogen-bond acceptors (Lipinski definition) is 2. The zero-order valence-corrected chi connectivity index (χ0v) is 8.38. The molecule has 1 amide bonds. The molecule has 0 atom stereocenters. The van der Waals surface area contributed by atoms with Crippen LogP contribution in [0.25, 0.3) is 0 Å². The molecule has 0 aliphatic carbocycles. The molecule has 0 unspecified atom stereocenters. The number of aryl methyl sites for hydroxylation is 1. The van der Waals surface area contributed by atoms with E-state index in [1.165, 1.54) is 12.1 Å². The number of benzene rings is 1. The van der Waals surface area contributed by atoms with Crippen molar-refractivity contribution in [2.24, 2.45) is 0 Å². The topological polar surface area (TPSA) is 52.9 Å². The monoisotopic (exact) mass is 206 g/mol. The first kappa shape index (κ1) is 11.2. The standard InChI is InChI=1S/C11H11FN2O/c1-8-3-4-9(10(12)7-8)11(15)14-6-2-5-13/h3-4,7H,2,6H2,1H3,(H,14,15). The molecule has 78 valence electrons. The Morgan fingerprint density at radius 1 is 1.60 bits per heavy atom. The number of carbonyl (C=O) groups is 1. The average Bonchev–Trinajstić information content (AvgIpc) is 2.17. The molecule has 1 aromatic carbocycles. The van der Waals surface area contributed by atoms with E-state index < -0.39 is 11.7 Å². The van der Waals surface area contributed by atoms with Crippen molar-refractivity contribution in [1.29, 1.82) is 5.26 Å². The van der Waals surface area contributed by atoms with Gasteiger partial charge in [0.15, 0.2) is 0 Å². The minimum absolute atomic E-state index is 0.0125. The molecule has 0 radical (unpaired) electrons. The van der Waals surface area contributed by atoms with E-state index in [0.29, 0.717) is 0 Å². The van der Waals surface area contributed by atoms with E-state index in [9.17, 15) is 9.18 Å². The summed E-state index contributed by atoms with van der Waals surface area (Å²) in [5.41, 5.74) is 0.777. The van der Waals surface area contributed by atoms with Gasteiger partial charge in [-0.25, -0.2) is 4.39 Å². The maximum atomic E-state index is 13.3. The van der Waals surface area contributed by atoms with Crippen molar-refractivity contribution in [3.63, 3.8) is 0 Å². The zero-order chi connectivity index (χ0) is 11.3. The van der Waals surface area contributed by atoms with Gasteiger partial charge in [-0.1, -0.05) is 6.07 Å². The van der Waals surface area contributed by atoms with Gasteiger partial charge in [-0.05, 0) is 24.6 Å². The Morgan fingerprint density at radius 2 is 2.33 bits per heavy atom. The Labute approximate surface area is 87.5 Å². The van der Waals surface area contributed by atoms with Gasteiger partial charge in [0.1, 0.15) is 5.82 Å². The lowest BCUT2D eigenvalue weighted by Crippen LogP contribution is -2.25. The summed E-state index contributed by atoms with van der Waals surface area (Å²) in [7, 11) is 0. The van der Waals surface area contributed by atoms with Crippen LogP contribution in [0.1, 0.15) is 22.3 Å². The molecule has 0 saturated carbocycles. The highest BCUT2D eigenvalue weighted by Crippen LogP contribution is 2.09. The summed E-state index contributed by atoms with van der Waals surface area (Å²) in [4.78, 5) is 11.4. The van der Waals surface area contributed by atoms with Crippen molar-refractivity contribution in [2.75, 3.05) is 6.54 Å². The van der Waals surface area contributed by atoms with Crippen LogP contribution in [-0.4, -0.2) is 12.5 Å². The van der Waals surface area contributed by atoms with Gasteiger partial charge in [0.25, 0.3) is 5.91 Å². The second-order valence-corrected chi connectivity index (χ2v) is 3.15. The van der Waals surface area contributed by atoms with E-state index in [1.807, 2.05) is 6.07 Å². The minimum Gasteiger partial charge on any atom is -0.351 e. The minimum atomic E-state index is -0.538. The SMILES string of the molecule is Cc1ccc(C(=O)NCCC#N)c(F)c1. The van der Waals surface area contributed by atoms with Crippen LogP contribution in [0.5, 0.6) is 0 Å². The Morgan fingerprint density at radius 3 is 2.93 bits per heavy atom. The number of nitrogens with zero attached hydrogens (tertiary/aromatic N) is 1. The highest BCUT2D eigenvalue weighted by atomic mass is 19.1. The Kier molecular flexibility index (Phi) is 3.81. The molecule has 0 aliphatic heterocycles. The third-order valence-corrected chi connectivity index (χ3v) is 1.89. The first-order valence-electron chi connectivity index (χ1n) is 4.56. The molecule has 0 fully saturated rings. The summed E-state index contributed by atoms with van der Waals surface area (Å²) in [6, 6.07) is 6.30. The fourth-order valence-electron chi connectivity index (χ4n) is 1.13. The van der Waals surface area contributed by atoms with Gasteiger partial charge in [0, 0.05) is 6.54 Å². The quantitative estimate of drug-likeness (QED) is 0.766. The molecular weight excluding hydrogens is 195 g/mol. The molecular formula is C11H11FN2O. The summed E-state index contributed by atoms with van der Waals surface area (Å²) in [6.45, 7) is 1.99. The predicted octanol–water partition coefficient (Wildman–Crippen LogP) is 1.78. The molecule has 1 aromatic rings. The van der Waals surface area contributed by atoms with Crippen molar-refractivity contribution in [1.82, 2.24) is 5.32 Å². The number of carbonyl (C=O) groups excluding carboxylic acids is 1. The average molecular weight is 206 g/mol. The molecule has 0 heterocycles. The van der Waals surface area contributed by atoms with Gasteiger partial charge in [-0.15, -0.1) is 0 Å². The summed E-state index contributed by atoms with van der Waals surface area (Å²) in [5.74, 6) is -1.02. The van der Waals surface area contributed by atoms with Crippen molar-refractivity contribution >= 4 is 5.91 Å².